The minimum atomic E-state index is -1.00. The maximum atomic E-state index is 10.7. The summed E-state index contributed by atoms with van der Waals surface area (Å²) >= 11 is 0. The quantitative estimate of drug-likeness (QED) is 0.540. The summed E-state index contributed by atoms with van der Waals surface area (Å²) in [6.45, 7) is 8.47. The summed E-state index contributed by atoms with van der Waals surface area (Å²) in [4.78, 5) is 10.8. The molecule has 174 valence electrons. The van der Waals surface area contributed by atoms with Crippen molar-refractivity contribution in [3.8, 4) is 6.07 Å². The Labute approximate surface area is 194 Å². The number of hydrogen-bond donors (Lipinski definition) is 1. The van der Waals surface area contributed by atoms with Gasteiger partial charge in [-0.1, -0.05) is 12.1 Å². The van der Waals surface area contributed by atoms with Crippen molar-refractivity contribution in [2.45, 2.75) is 56.1 Å². The fourth-order valence-electron chi connectivity index (χ4n) is 4.96. The topological polar surface area (TPSA) is 99.0 Å². The van der Waals surface area contributed by atoms with E-state index in [4.69, 9.17) is 4.74 Å². The normalized spacial score (nSPS) is 23.5. The van der Waals surface area contributed by atoms with Crippen LogP contribution in [0.25, 0.3) is 10.9 Å². The molecule has 4 rings (SSSR count). The third-order valence-corrected chi connectivity index (χ3v) is 7.47. The van der Waals surface area contributed by atoms with E-state index >= 15 is 0 Å². The van der Waals surface area contributed by atoms with Crippen LogP contribution >= 0.6 is 0 Å². The largest absolute Gasteiger partial charge is 0.387 e. The van der Waals surface area contributed by atoms with Crippen molar-refractivity contribution in [1.82, 2.24) is 14.7 Å². The van der Waals surface area contributed by atoms with Crippen LogP contribution < -0.4 is 0 Å². The highest BCUT2D eigenvalue weighted by Gasteiger charge is 2.49. The van der Waals surface area contributed by atoms with Gasteiger partial charge in [-0.25, -0.2) is 9.67 Å². The number of aliphatic imine (C=N–C) groups is 2. The average Bonchev–Trinajstić information content (AvgIpc) is 3.39. The molecule has 2 fully saturated rings. The first-order valence-electron chi connectivity index (χ1n) is 11.3. The molecule has 8 nitrogen and oxygen atoms in total. The molecule has 2 aliphatic rings. The van der Waals surface area contributed by atoms with E-state index in [0.717, 1.165) is 35.7 Å². The predicted molar refractivity (Wildman–Crippen MR) is 129 cm³/mol. The number of methoxy groups -OCH3 is 1. The Bertz CT molecular complexity index is 1160. The molecule has 0 bridgehead atoms. The van der Waals surface area contributed by atoms with Gasteiger partial charge in [0.25, 0.3) is 0 Å². The number of aromatic nitrogens is 2. The zero-order valence-electron chi connectivity index (χ0n) is 19.9. The molecule has 1 aromatic carbocycles. The first-order valence-corrected chi connectivity index (χ1v) is 11.3. The van der Waals surface area contributed by atoms with Crippen molar-refractivity contribution in [3.05, 3.63) is 41.9 Å². The van der Waals surface area contributed by atoms with E-state index in [1.165, 1.54) is 0 Å². The molecule has 1 N–H and O–H groups in total. The Morgan fingerprint density at radius 3 is 2.64 bits per heavy atom. The molecular weight excluding hydrogens is 416 g/mol. The van der Waals surface area contributed by atoms with Gasteiger partial charge in [0.15, 0.2) is 5.84 Å². The average molecular weight is 449 g/mol. The van der Waals surface area contributed by atoms with E-state index in [9.17, 15) is 10.4 Å². The van der Waals surface area contributed by atoms with Crippen molar-refractivity contribution in [1.29, 1.82) is 5.26 Å². The van der Waals surface area contributed by atoms with Gasteiger partial charge in [0, 0.05) is 32.2 Å². The van der Waals surface area contributed by atoms with Crippen LogP contribution in [0.5, 0.6) is 0 Å². The lowest BCUT2D eigenvalue weighted by Gasteiger charge is -2.39. The summed E-state index contributed by atoms with van der Waals surface area (Å²) in [6, 6.07) is 8.64. The molecule has 8 heteroatoms. The monoisotopic (exact) mass is 448 g/mol. The van der Waals surface area contributed by atoms with Crippen LogP contribution in [0.4, 0.5) is 0 Å². The van der Waals surface area contributed by atoms with Gasteiger partial charge in [-0.3, -0.25) is 4.99 Å². The van der Waals surface area contributed by atoms with Gasteiger partial charge in [0.05, 0.1) is 35.3 Å². The number of nitriles is 1. The molecule has 2 aromatic rings. The number of likely N-dealkylation sites (tertiary alicyclic amines) is 1. The number of benzene rings is 1. The molecule has 1 saturated heterocycles. The predicted octanol–water partition coefficient (Wildman–Crippen LogP) is 3.26. The van der Waals surface area contributed by atoms with Crippen molar-refractivity contribution in [3.63, 3.8) is 0 Å². The Morgan fingerprint density at radius 2 is 2.12 bits per heavy atom. The molecule has 33 heavy (non-hydrogen) atoms. The Kier molecular flexibility index (Phi) is 5.89. The van der Waals surface area contributed by atoms with Crippen LogP contribution in [0.2, 0.25) is 0 Å². The van der Waals surface area contributed by atoms with Crippen molar-refractivity contribution in [2.24, 2.45) is 9.98 Å². The summed E-state index contributed by atoms with van der Waals surface area (Å²) in [6.07, 6.45) is 7.18. The highest BCUT2D eigenvalue weighted by Crippen LogP contribution is 2.43. The van der Waals surface area contributed by atoms with Gasteiger partial charge < -0.3 is 14.7 Å². The number of ether oxygens (including phenoxy) is 1. The fourth-order valence-corrected chi connectivity index (χ4v) is 4.96. The Morgan fingerprint density at radius 1 is 1.36 bits per heavy atom. The molecule has 0 spiro atoms. The molecule has 1 aliphatic carbocycles. The second-order valence-electron chi connectivity index (χ2n) is 9.55. The molecule has 1 saturated carbocycles. The van der Waals surface area contributed by atoms with Gasteiger partial charge in [0.1, 0.15) is 11.4 Å². The zero-order valence-corrected chi connectivity index (χ0v) is 19.9. The molecule has 1 aromatic heterocycles. The second kappa shape index (κ2) is 8.40. The lowest BCUT2D eigenvalue weighted by atomic mass is 9.65. The highest BCUT2D eigenvalue weighted by molar-refractivity contribution is 6.00. The van der Waals surface area contributed by atoms with Crippen LogP contribution in [0.1, 0.15) is 45.1 Å². The van der Waals surface area contributed by atoms with Crippen molar-refractivity contribution in [2.75, 3.05) is 27.2 Å². The molecular formula is C25H32N6O2. The van der Waals surface area contributed by atoms with Gasteiger partial charge in [-0.2, -0.15) is 10.4 Å². The van der Waals surface area contributed by atoms with Crippen LogP contribution in [-0.2, 0) is 10.2 Å². The smallest absolute Gasteiger partial charge is 0.152 e. The molecule has 0 unspecified atom stereocenters. The molecule has 2 heterocycles. The first-order chi connectivity index (χ1) is 15.7. The van der Waals surface area contributed by atoms with E-state index < -0.39 is 16.6 Å². The van der Waals surface area contributed by atoms with E-state index in [0.29, 0.717) is 31.2 Å². The first kappa shape index (κ1) is 23.1. The number of aliphatic hydroxyl groups is 1. The number of nitrogens with zero attached hydrogens (tertiary/aromatic N) is 6. The molecule has 1 aliphatic heterocycles. The number of fused-ring (bicyclic) bond motifs is 1. The number of allylic oxidation sites excluding steroid dienone is 1. The maximum Gasteiger partial charge on any atom is 0.152 e. The van der Waals surface area contributed by atoms with Crippen LogP contribution in [-0.4, -0.2) is 70.8 Å². The number of hydrogen-bond acceptors (Lipinski definition) is 7. The SMILES string of the molecule is C=N/C(=C\C(=NC)n1ncc2ccc(C3(C#N)CCC3)cc21)N1CC[C@](OC)(C(C)(C)O)C1. The van der Waals surface area contributed by atoms with Gasteiger partial charge in [-0.05, 0) is 57.9 Å². The second-order valence-corrected chi connectivity index (χ2v) is 9.55. The maximum absolute atomic E-state index is 10.7. The van der Waals surface area contributed by atoms with E-state index in [-0.39, 0.29) is 0 Å². The molecule has 1 atom stereocenters. The van der Waals surface area contributed by atoms with Gasteiger partial charge in [0.2, 0.25) is 0 Å². The minimum absolute atomic E-state index is 0.396. The van der Waals surface area contributed by atoms with Crippen LogP contribution in [0.15, 0.2) is 46.3 Å². The third kappa shape index (κ3) is 3.75. The van der Waals surface area contributed by atoms with E-state index in [2.05, 4.69) is 38.8 Å². The lowest BCUT2D eigenvalue weighted by Crippen LogP contribution is -2.53. The third-order valence-electron chi connectivity index (χ3n) is 7.47. The van der Waals surface area contributed by atoms with Crippen LogP contribution in [0.3, 0.4) is 0 Å². The molecule has 0 amide bonds. The minimum Gasteiger partial charge on any atom is -0.387 e. The van der Waals surface area contributed by atoms with E-state index in [1.807, 2.05) is 18.2 Å². The summed E-state index contributed by atoms with van der Waals surface area (Å²) in [5, 5.41) is 26.0. The standard InChI is InChI=1S/C25H32N6O2/c1-23(2,32)25(33-5)11-12-30(17-25)21(27-3)14-22(28-4)31-20-13-19(8-7-18(20)15-29-31)24(16-26)9-6-10-24/h7-8,13-15,32H,3,6,9-12,17H2,1-2,4-5H3/b21-14+,28-22?/t25-/m1/s1. The van der Waals surface area contributed by atoms with Crippen LogP contribution in [0, 0.1) is 11.3 Å². The van der Waals surface area contributed by atoms with Crippen molar-refractivity contribution >= 4 is 23.5 Å². The zero-order chi connectivity index (χ0) is 23.9. The fraction of sp³-hybridized carbons (Fsp3) is 0.520. The summed E-state index contributed by atoms with van der Waals surface area (Å²) in [5.41, 5.74) is -0.161. The molecule has 0 radical (unpaired) electrons. The van der Waals surface area contributed by atoms with Gasteiger partial charge in [-0.15, -0.1) is 0 Å². The van der Waals surface area contributed by atoms with E-state index in [1.54, 1.807) is 38.9 Å². The summed E-state index contributed by atoms with van der Waals surface area (Å²) in [7, 11) is 3.35. The number of rotatable bonds is 6. The Balaban J connectivity index is 1.69. The summed E-state index contributed by atoms with van der Waals surface area (Å²) in [5.74, 6) is 1.26. The summed E-state index contributed by atoms with van der Waals surface area (Å²) < 4.78 is 7.55. The lowest BCUT2D eigenvalue weighted by molar-refractivity contribution is -0.143. The van der Waals surface area contributed by atoms with Gasteiger partial charge >= 0.3 is 0 Å². The Hall–Kier alpha value is -3.02. The highest BCUT2D eigenvalue weighted by atomic mass is 16.5. The van der Waals surface area contributed by atoms with Crippen molar-refractivity contribution < 1.29 is 9.84 Å².